The lowest BCUT2D eigenvalue weighted by Gasteiger charge is -2.03. The van der Waals surface area contributed by atoms with Crippen molar-refractivity contribution in [3.8, 4) is 0 Å². The van der Waals surface area contributed by atoms with E-state index in [9.17, 15) is 0 Å². The summed E-state index contributed by atoms with van der Waals surface area (Å²) in [6.07, 6.45) is 4.52. The fraction of sp³-hybridized carbons (Fsp3) is 0.231. The number of H-pyrrole nitrogens is 1. The molecule has 2 heterocycles. The number of nitrogens with one attached hydrogen (secondary N) is 1. The Morgan fingerprint density at radius 3 is 3.22 bits per heavy atom. The lowest BCUT2D eigenvalue weighted by molar-refractivity contribution is 0.685. The smallest absolute Gasteiger partial charge is 0.137 e. The number of hydrogen-bond acceptors (Lipinski definition) is 3. The first kappa shape index (κ1) is 6.70. The van der Waals surface area contributed by atoms with E-state index >= 15 is 0 Å². The number of aromatic amines is 1. The number of fused-ring (bicyclic) bond motifs is 1. The number of aromatic nitrogens is 4. The second-order valence-corrected chi connectivity index (χ2v) is 3.80. The van der Waals surface area contributed by atoms with Gasteiger partial charge in [-0.05, 0) is 36.2 Å². The molecule has 1 aromatic carbocycles. The highest BCUT2D eigenvalue weighted by molar-refractivity contribution is 5.83. The van der Waals surface area contributed by atoms with Crippen LogP contribution in [0.1, 0.15) is 18.0 Å². The first-order valence-corrected chi connectivity index (χ1v) is 5.55. The molecule has 0 atom stereocenters. The Kier molecular flexibility index (Phi) is 1.72. The summed E-state index contributed by atoms with van der Waals surface area (Å²) >= 11 is 0. The molecule has 3 rings (SSSR count). The molecule has 0 spiro atoms. The van der Waals surface area contributed by atoms with Crippen LogP contribution in [0.25, 0.3) is 10.9 Å². The van der Waals surface area contributed by atoms with E-state index in [0.29, 0.717) is 23.9 Å². The van der Waals surface area contributed by atoms with Gasteiger partial charge in [0.2, 0.25) is 0 Å². The Bertz CT molecular complexity index is 856. The van der Waals surface area contributed by atoms with Crippen LogP contribution in [0.2, 0.25) is 0 Å². The van der Waals surface area contributed by atoms with Gasteiger partial charge < -0.3 is 10.7 Å². The number of nitrogens with zero attached hydrogens (tertiary/aromatic N) is 3. The predicted molar refractivity (Wildman–Crippen MR) is 70.2 cm³/mol. The summed E-state index contributed by atoms with van der Waals surface area (Å²) in [7, 11) is 0. The number of hydrogen-bond donors (Lipinski definition) is 2. The summed E-state index contributed by atoms with van der Waals surface area (Å²) in [4.78, 5) is 6.61. The standard InChI is InChI=1S/C13H15N5/c14-4-3-11-6-16-13-2-1-10(5-12(11)13)7-18-9-15-8-17-18/h1-2,5-6,8-9,16H,3-4,7,14H2/i1D,2D,5D,7D2. The van der Waals surface area contributed by atoms with Crippen LogP contribution in [0.5, 0.6) is 0 Å². The van der Waals surface area contributed by atoms with Gasteiger partial charge in [0, 0.05) is 17.1 Å². The molecule has 2 aromatic heterocycles. The third kappa shape index (κ3) is 2.00. The molecule has 0 saturated heterocycles. The van der Waals surface area contributed by atoms with Gasteiger partial charge in [0.1, 0.15) is 12.7 Å². The van der Waals surface area contributed by atoms with Crippen molar-refractivity contribution in [2.75, 3.05) is 6.54 Å². The summed E-state index contributed by atoms with van der Waals surface area (Å²) in [6.45, 7) is -1.89. The van der Waals surface area contributed by atoms with Crippen LogP contribution in [-0.2, 0) is 12.9 Å². The van der Waals surface area contributed by atoms with Crippen molar-refractivity contribution >= 4 is 10.9 Å². The minimum absolute atomic E-state index is 0.133. The van der Waals surface area contributed by atoms with E-state index in [1.54, 1.807) is 6.20 Å². The molecule has 0 unspecified atom stereocenters. The van der Waals surface area contributed by atoms with E-state index in [1.165, 1.54) is 12.7 Å². The maximum Gasteiger partial charge on any atom is 0.137 e. The van der Waals surface area contributed by atoms with Gasteiger partial charge in [-0.15, -0.1) is 0 Å². The van der Waals surface area contributed by atoms with Crippen molar-refractivity contribution in [1.82, 2.24) is 19.7 Å². The topological polar surface area (TPSA) is 72.5 Å². The Balaban J connectivity index is 2.35. The van der Waals surface area contributed by atoms with E-state index in [4.69, 9.17) is 12.6 Å². The maximum atomic E-state index is 8.41. The largest absolute Gasteiger partial charge is 0.361 e. The molecule has 0 aliphatic heterocycles. The van der Waals surface area contributed by atoms with E-state index < -0.39 is 6.50 Å². The number of rotatable bonds is 4. The van der Waals surface area contributed by atoms with Gasteiger partial charge in [0.15, 0.2) is 0 Å². The Labute approximate surface area is 112 Å². The molecular weight excluding hydrogens is 226 g/mol. The van der Waals surface area contributed by atoms with Crippen molar-refractivity contribution in [3.63, 3.8) is 0 Å². The van der Waals surface area contributed by atoms with Gasteiger partial charge in [-0.25, -0.2) is 9.67 Å². The molecule has 5 heteroatoms. The molecule has 0 bridgehead atoms. The average molecular weight is 246 g/mol. The van der Waals surface area contributed by atoms with Crippen molar-refractivity contribution in [2.45, 2.75) is 12.9 Å². The van der Waals surface area contributed by atoms with E-state index in [-0.39, 0.29) is 23.7 Å². The third-order valence-corrected chi connectivity index (χ3v) is 2.58. The van der Waals surface area contributed by atoms with Crippen molar-refractivity contribution < 1.29 is 6.85 Å². The predicted octanol–water partition coefficient (Wildman–Crippen LogP) is 1.31. The van der Waals surface area contributed by atoms with Gasteiger partial charge in [-0.1, -0.05) is 6.04 Å². The van der Waals surface area contributed by atoms with Crippen LogP contribution in [0.15, 0.2) is 37.0 Å². The van der Waals surface area contributed by atoms with E-state index in [2.05, 4.69) is 15.1 Å². The molecule has 3 aromatic rings. The zero-order valence-corrected chi connectivity index (χ0v) is 9.57. The van der Waals surface area contributed by atoms with Gasteiger partial charge in [-0.2, -0.15) is 5.10 Å². The zero-order valence-electron chi connectivity index (χ0n) is 14.6. The molecule has 3 N–H and O–H groups in total. The Hall–Kier alpha value is -2.14. The van der Waals surface area contributed by atoms with Crippen LogP contribution in [0.4, 0.5) is 0 Å². The number of benzene rings is 1. The molecule has 92 valence electrons. The lowest BCUT2D eigenvalue weighted by atomic mass is 10.1. The fourth-order valence-corrected chi connectivity index (χ4v) is 1.78. The molecule has 0 radical (unpaired) electrons. The highest BCUT2D eigenvalue weighted by atomic mass is 15.3. The Morgan fingerprint density at radius 2 is 2.44 bits per heavy atom. The molecule has 0 aliphatic carbocycles. The molecule has 18 heavy (non-hydrogen) atoms. The minimum atomic E-state index is -2.26. The monoisotopic (exact) mass is 246 g/mol. The van der Waals surface area contributed by atoms with Crippen LogP contribution in [0, 0.1) is 0 Å². The third-order valence-electron chi connectivity index (χ3n) is 2.58. The van der Waals surface area contributed by atoms with Gasteiger partial charge in [0.25, 0.3) is 0 Å². The van der Waals surface area contributed by atoms with E-state index in [1.807, 2.05) is 0 Å². The second kappa shape index (κ2) is 4.62. The first-order valence-electron chi connectivity index (χ1n) is 8.05. The molecular formula is C13H15N5. The highest BCUT2D eigenvalue weighted by Crippen LogP contribution is 2.20. The maximum absolute atomic E-state index is 8.41. The second-order valence-electron chi connectivity index (χ2n) is 3.80. The minimum Gasteiger partial charge on any atom is -0.361 e. The van der Waals surface area contributed by atoms with Gasteiger partial charge in [-0.3, -0.25) is 0 Å². The van der Waals surface area contributed by atoms with Crippen LogP contribution in [0.3, 0.4) is 0 Å². The van der Waals surface area contributed by atoms with Gasteiger partial charge in [0.05, 0.1) is 13.4 Å². The summed E-state index contributed by atoms with van der Waals surface area (Å²) in [6, 6.07) is -0.631. The van der Waals surface area contributed by atoms with E-state index in [0.717, 1.165) is 10.2 Å². The Morgan fingerprint density at radius 1 is 1.50 bits per heavy atom. The summed E-state index contributed by atoms with van der Waals surface area (Å²) in [5.41, 5.74) is 6.45. The summed E-state index contributed by atoms with van der Waals surface area (Å²) < 4.78 is 42.2. The van der Waals surface area contributed by atoms with Crippen molar-refractivity contribution in [1.29, 1.82) is 0 Å². The van der Waals surface area contributed by atoms with Crippen LogP contribution in [-0.4, -0.2) is 26.3 Å². The average Bonchev–Trinajstić information content (AvgIpc) is 3.15. The number of nitrogens with two attached hydrogens (primary N) is 1. The summed E-state index contributed by atoms with van der Waals surface area (Å²) in [5, 5.41) is 4.20. The normalized spacial score (nSPS) is 15.9. The zero-order chi connectivity index (χ0) is 16.8. The molecule has 5 nitrogen and oxygen atoms in total. The SMILES string of the molecule is [2H]c1c(C([2H])([2H])n2cncn2)c([2H])c2c(CCN)c[nH]c2c1[2H]. The first-order chi connectivity index (χ1) is 10.9. The van der Waals surface area contributed by atoms with Gasteiger partial charge >= 0.3 is 0 Å². The lowest BCUT2D eigenvalue weighted by Crippen LogP contribution is -2.02. The molecule has 0 aliphatic rings. The molecule has 0 saturated carbocycles. The quantitative estimate of drug-likeness (QED) is 0.729. The molecule has 0 amide bonds. The van der Waals surface area contributed by atoms with Crippen LogP contribution >= 0.6 is 0 Å². The fourth-order valence-electron chi connectivity index (χ4n) is 1.78. The van der Waals surface area contributed by atoms with Crippen molar-refractivity contribution in [3.05, 3.63) is 48.1 Å². The van der Waals surface area contributed by atoms with Crippen LogP contribution < -0.4 is 5.73 Å². The highest BCUT2D eigenvalue weighted by Gasteiger charge is 2.04. The summed E-state index contributed by atoms with van der Waals surface area (Å²) in [5.74, 6) is 0. The molecule has 0 fully saturated rings. The van der Waals surface area contributed by atoms with Crippen molar-refractivity contribution in [2.24, 2.45) is 5.73 Å².